The van der Waals surface area contributed by atoms with Gasteiger partial charge in [0.1, 0.15) is 12.2 Å². The molecule has 170 valence electrons. The molecule has 0 unspecified atom stereocenters. The molecule has 2 fully saturated rings. The fourth-order valence-electron chi connectivity index (χ4n) is 4.52. The number of likely N-dealkylation sites (tertiary alicyclic amines) is 1. The van der Waals surface area contributed by atoms with Gasteiger partial charge in [-0.15, -0.1) is 0 Å². The van der Waals surface area contributed by atoms with Crippen LogP contribution in [0.5, 0.6) is 0 Å². The quantitative estimate of drug-likeness (QED) is 0.708. The van der Waals surface area contributed by atoms with Crippen LogP contribution in [0.4, 0.5) is 9.59 Å². The summed E-state index contributed by atoms with van der Waals surface area (Å²) < 4.78 is 10.9. The van der Waals surface area contributed by atoms with E-state index in [1.165, 1.54) is 4.90 Å². The zero-order chi connectivity index (χ0) is 23.0. The van der Waals surface area contributed by atoms with E-state index in [0.29, 0.717) is 12.8 Å². The van der Waals surface area contributed by atoms with Crippen LogP contribution in [-0.4, -0.2) is 57.7 Å². The summed E-state index contributed by atoms with van der Waals surface area (Å²) in [5.41, 5.74) is -0.0301. The lowest BCUT2D eigenvalue weighted by atomic mass is 9.96. The number of hydrogen-bond donors (Lipinski definition) is 0. The molecule has 1 aromatic rings. The summed E-state index contributed by atoms with van der Waals surface area (Å²) in [5.74, 6) is -0.863. The number of nitrogens with zero attached hydrogens (tertiary/aromatic N) is 2. The average molecular weight is 431 g/mol. The molecule has 0 radical (unpaired) electrons. The minimum absolute atomic E-state index is 0.179. The van der Waals surface area contributed by atoms with Gasteiger partial charge in [0, 0.05) is 11.6 Å². The molecule has 0 N–H and O–H groups in total. The van der Waals surface area contributed by atoms with Crippen LogP contribution in [0.25, 0.3) is 0 Å². The molecular weight excluding hydrogens is 396 g/mol. The first-order valence-electron chi connectivity index (χ1n) is 11.0. The number of hydrogen-bond acceptors (Lipinski definition) is 5. The van der Waals surface area contributed by atoms with E-state index in [1.54, 1.807) is 11.8 Å². The van der Waals surface area contributed by atoms with Gasteiger partial charge >= 0.3 is 12.2 Å². The first kappa shape index (κ1) is 23.1. The van der Waals surface area contributed by atoms with Gasteiger partial charge in [0.05, 0.1) is 12.0 Å². The van der Waals surface area contributed by atoms with Crippen molar-refractivity contribution < 1.29 is 23.9 Å². The van der Waals surface area contributed by atoms with Crippen LogP contribution in [0.3, 0.4) is 0 Å². The Morgan fingerprint density at radius 2 is 1.87 bits per heavy atom. The van der Waals surface area contributed by atoms with Crippen molar-refractivity contribution in [2.24, 2.45) is 5.92 Å². The lowest BCUT2D eigenvalue weighted by Gasteiger charge is -2.39. The zero-order valence-corrected chi connectivity index (χ0v) is 19.4. The van der Waals surface area contributed by atoms with Crippen LogP contribution in [0, 0.1) is 5.92 Å². The fraction of sp³-hybridized carbons (Fsp3) is 0.625. The molecule has 3 amide bonds. The van der Waals surface area contributed by atoms with Crippen molar-refractivity contribution >= 4 is 18.1 Å². The van der Waals surface area contributed by atoms with E-state index in [0.717, 1.165) is 12.0 Å². The first-order chi connectivity index (χ1) is 14.4. The van der Waals surface area contributed by atoms with Crippen molar-refractivity contribution in [3.8, 4) is 0 Å². The summed E-state index contributed by atoms with van der Waals surface area (Å²) in [7, 11) is 0. The predicted octanol–water partition coefficient (Wildman–Crippen LogP) is 4.39. The number of benzene rings is 1. The van der Waals surface area contributed by atoms with Gasteiger partial charge in [-0.25, -0.2) is 14.5 Å². The van der Waals surface area contributed by atoms with Crippen LogP contribution in [0.15, 0.2) is 30.3 Å². The maximum atomic E-state index is 13.5. The summed E-state index contributed by atoms with van der Waals surface area (Å²) >= 11 is 0. The van der Waals surface area contributed by atoms with Gasteiger partial charge in [-0.2, -0.15) is 0 Å². The second kappa shape index (κ2) is 8.52. The molecule has 3 rings (SSSR count). The highest BCUT2D eigenvalue weighted by molar-refractivity contribution is 5.95. The lowest BCUT2D eigenvalue weighted by Crippen LogP contribution is -2.54. The fourth-order valence-corrected chi connectivity index (χ4v) is 4.52. The molecule has 0 bridgehead atoms. The van der Waals surface area contributed by atoms with Gasteiger partial charge in [-0.05, 0) is 59.4 Å². The van der Waals surface area contributed by atoms with E-state index in [9.17, 15) is 14.4 Å². The normalized spacial score (nSPS) is 24.1. The van der Waals surface area contributed by atoms with Gasteiger partial charge in [-0.1, -0.05) is 37.3 Å². The number of ether oxygens (including phenoxy) is 2. The Labute approximate surface area is 184 Å². The summed E-state index contributed by atoms with van der Waals surface area (Å²) in [4.78, 5) is 41.8. The maximum Gasteiger partial charge on any atom is 0.416 e. The van der Waals surface area contributed by atoms with E-state index in [1.807, 2.05) is 65.0 Å². The molecule has 0 aromatic heterocycles. The number of imide groups is 1. The standard InChI is InChI=1S/C24H34N2O5/c1-16(19-12-13-24(5,6)26(19)22(29)31-23(2,3)4)20(27)25-18(15-30-21(25)28)14-17-10-8-7-9-11-17/h7-11,16,18-19H,12-15H2,1-6H3/t16-,18+,19-/m0/s1. The Balaban J connectivity index is 1.79. The molecule has 3 atom stereocenters. The summed E-state index contributed by atoms with van der Waals surface area (Å²) in [6.45, 7) is 11.4. The van der Waals surface area contributed by atoms with E-state index in [-0.39, 0.29) is 24.6 Å². The Bertz CT molecular complexity index is 830. The molecular formula is C24H34N2O5. The third-order valence-electron chi connectivity index (χ3n) is 6.11. The third kappa shape index (κ3) is 5.02. The number of carbonyl (C=O) groups is 3. The highest BCUT2D eigenvalue weighted by atomic mass is 16.6. The summed E-state index contributed by atoms with van der Waals surface area (Å²) in [6, 6.07) is 9.04. The molecule has 0 saturated carbocycles. The SMILES string of the molecule is C[C@H](C(=O)N1C(=O)OC[C@H]1Cc1ccccc1)[C@@H]1CCC(C)(C)N1C(=O)OC(C)(C)C. The number of cyclic esters (lactones) is 1. The van der Waals surface area contributed by atoms with Gasteiger partial charge in [0.25, 0.3) is 0 Å². The maximum absolute atomic E-state index is 13.5. The van der Waals surface area contributed by atoms with Gasteiger partial charge in [-0.3, -0.25) is 9.69 Å². The number of rotatable bonds is 4. The Morgan fingerprint density at radius 3 is 2.48 bits per heavy atom. The Morgan fingerprint density at radius 1 is 1.23 bits per heavy atom. The van der Waals surface area contributed by atoms with Crippen molar-refractivity contribution in [3.05, 3.63) is 35.9 Å². The summed E-state index contributed by atoms with van der Waals surface area (Å²) in [6.07, 6.45) is 0.928. The van der Waals surface area contributed by atoms with Crippen LogP contribution in [0.1, 0.15) is 59.9 Å². The van der Waals surface area contributed by atoms with Crippen LogP contribution < -0.4 is 0 Å². The minimum Gasteiger partial charge on any atom is -0.447 e. The highest BCUT2D eigenvalue weighted by Gasteiger charge is 2.50. The molecule has 7 heteroatoms. The van der Waals surface area contributed by atoms with E-state index in [4.69, 9.17) is 9.47 Å². The number of amides is 3. The third-order valence-corrected chi connectivity index (χ3v) is 6.11. The van der Waals surface area contributed by atoms with Crippen molar-refractivity contribution in [1.82, 2.24) is 9.80 Å². The van der Waals surface area contributed by atoms with E-state index >= 15 is 0 Å². The van der Waals surface area contributed by atoms with Gasteiger partial charge < -0.3 is 9.47 Å². The number of carbonyl (C=O) groups excluding carboxylic acids is 3. The monoisotopic (exact) mass is 430 g/mol. The van der Waals surface area contributed by atoms with E-state index < -0.39 is 29.2 Å². The van der Waals surface area contributed by atoms with Crippen molar-refractivity contribution in [1.29, 1.82) is 0 Å². The van der Waals surface area contributed by atoms with Crippen molar-refractivity contribution in [2.75, 3.05) is 6.61 Å². The van der Waals surface area contributed by atoms with Crippen LogP contribution >= 0.6 is 0 Å². The molecule has 2 aliphatic rings. The second-order valence-electron chi connectivity index (χ2n) is 10.2. The van der Waals surface area contributed by atoms with Crippen molar-refractivity contribution in [2.45, 2.75) is 84.0 Å². The zero-order valence-electron chi connectivity index (χ0n) is 19.4. The topological polar surface area (TPSA) is 76.2 Å². The minimum atomic E-state index is -0.632. The molecule has 1 aromatic carbocycles. The van der Waals surface area contributed by atoms with Crippen LogP contribution in [-0.2, 0) is 20.7 Å². The molecule has 31 heavy (non-hydrogen) atoms. The molecule has 2 aliphatic heterocycles. The molecule has 0 aliphatic carbocycles. The Kier molecular flexibility index (Phi) is 6.35. The molecule has 2 saturated heterocycles. The van der Waals surface area contributed by atoms with Gasteiger partial charge in [0.15, 0.2) is 0 Å². The van der Waals surface area contributed by atoms with Crippen LogP contribution in [0.2, 0.25) is 0 Å². The van der Waals surface area contributed by atoms with Crippen molar-refractivity contribution in [3.63, 3.8) is 0 Å². The van der Waals surface area contributed by atoms with Gasteiger partial charge in [0.2, 0.25) is 5.91 Å². The molecule has 2 heterocycles. The largest absolute Gasteiger partial charge is 0.447 e. The first-order valence-corrected chi connectivity index (χ1v) is 11.0. The predicted molar refractivity (Wildman–Crippen MR) is 116 cm³/mol. The second-order valence-corrected chi connectivity index (χ2v) is 10.2. The highest BCUT2D eigenvalue weighted by Crippen LogP contribution is 2.39. The van der Waals surface area contributed by atoms with E-state index in [2.05, 4.69) is 0 Å². The molecule has 7 nitrogen and oxygen atoms in total. The summed E-state index contributed by atoms with van der Waals surface area (Å²) in [5, 5.41) is 0. The molecule has 0 spiro atoms. The Hall–Kier alpha value is -2.57. The lowest BCUT2D eigenvalue weighted by molar-refractivity contribution is -0.135. The smallest absolute Gasteiger partial charge is 0.416 e. The average Bonchev–Trinajstić information content (AvgIpc) is 3.19.